The van der Waals surface area contributed by atoms with Crippen molar-refractivity contribution in [2.24, 2.45) is 0 Å². The molecule has 0 fully saturated rings. The molecule has 0 aromatic carbocycles. The van der Waals surface area contributed by atoms with E-state index in [1.165, 1.54) is 7.85 Å². The molecule has 2 nitrogen and oxygen atoms in total. The summed E-state index contributed by atoms with van der Waals surface area (Å²) in [5, 5.41) is 0. The predicted octanol–water partition coefficient (Wildman–Crippen LogP) is 0.945. The van der Waals surface area contributed by atoms with Crippen molar-refractivity contribution in [1.82, 2.24) is 0 Å². The molecule has 0 heterocycles. The van der Waals surface area contributed by atoms with Crippen molar-refractivity contribution in [2.45, 2.75) is 32.8 Å². The lowest BCUT2D eigenvalue weighted by molar-refractivity contribution is 0.0542. The van der Waals surface area contributed by atoms with E-state index in [1.54, 1.807) is 0 Å². The fourth-order valence-electron chi connectivity index (χ4n) is 0.461. The van der Waals surface area contributed by atoms with Crippen LogP contribution in [0.3, 0.4) is 0 Å². The third kappa shape index (κ3) is 4.07. The minimum atomic E-state index is -0.286. The van der Waals surface area contributed by atoms with E-state index in [2.05, 4.69) is 0 Å². The summed E-state index contributed by atoms with van der Waals surface area (Å²) in [6.07, 6.45) is 0.854. The first-order valence-corrected chi connectivity index (χ1v) is 3.17. The van der Waals surface area contributed by atoms with E-state index in [-0.39, 0.29) is 11.5 Å². The monoisotopic (exact) mass is 128 g/mol. The molecular formula is C6H13BO2. The smallest absolute Gasteiger partial charge is 0.243 e. The zero-order valence-corrected chi connectivity index (χ0v) is 6.52. The Kier molecular flexibility index (Phi) is 2.75. The van der Waals surface area contributed by atoms with Gasteiger partial charge in [-0.15, -0.1) is 0 Å². The second-order valence-electron chi connectivity index (χ2n) is 2.71. The van der Waals surface area contributed by atoms with Crippen molar-refractivity contribution in [3.63, 3.8) is 0 Å². The van der Waals surface area contributed by atoms with Gasteiger partial charge in [-0.2, -0.15) is 0 Å². The first-order valence-electron chi connectivity index (χ1n) is 3.17. The van der Waals surface area contributed by atoms with Gasteiger partial charge in [-0.3, -0.25) is 4.79 Å². The Bertz CT molecular complexity index is 110. The van der Waals surface area contributed by atoms with Crippen molar-refractivity contribution in [3.05, 3.63) is 0 Å². The van der Waals surface area contributed by atoms with E-state index in [0.29, 0.717) is 0 Å². The Hall–Kier alpha value is -0.465. The van der Waals surface area contributed by atoms with Gasteiger partial charge >= 0.3 is 0 Å². The van der Waals surface area contributed by atoms with Crippen LogP contribution in [-0.4, -0.2) is 19.3 Å². The minimum absolute atomic E-state index is 0.207. The molecular weight excluding hydrogens is 115 g/mol. The number of carbonyl (C=O) groups excluding carboxylic acids is 1. The number of hydrogen-bond donors (Lipinski definition) is 0. The lowest BCUT2D eigenvalue weighted by Crippen LogP contribution is -2.26. The van der Waals surface area contributed by atoms with E-state index in [9.17, 15) is 4.79 Å². The molecule has 0 rings (SSSR count). The molecule has 0 amide bonds. The summed E-state index contributed by atoms with van der Waals surface area (Å²) < 4.78 is 4.95. The Labute approximate surface area is 57.0 Å². The van der Waals surface area contributed by atoms with Crippen molar-refractivity contribution < 1.29 is 9.53 Å². The number of hydrogen-bond acceptors (Lipinski definition) is 2. The van der Waals surface area contributed by atoms with Gasteiger partial charge < -0.3 is 4.74 Å². The number of ether oxygens (including phenoxy) is 1. The molecule has 0 bridgehead atoms. The topological polar surface area (TPSA) is 26.3 Å². The molecule has 0 aromatic rings. The van der Waals surface area contributed by atoms with Crippen molar-refractivity contribution in [2.75, 3.05) is 0 Å². The van der Waals surface area contributed by atoms with Crippen LogP contribution in [0.2, 0.25) is 0 Å². The molecule has 0 aliphatic rings. The molecule has 0 aliphatic heterocycles. The molecule has 0 saturated carbocycles. The summed E-state index contributed by atoms with van der Waals surface area (Å²) in [6, 6.07) is 0. The summed E-state index contributed by atoms with van der Waals surface area (Å²) in [7, 11) is 1.43. The molecule has 0 N–H and O–H groups in total. The van der Waals surface area contributed by atoms with Crippen LogP contribution in [0.25, 0.3) is 0 Å². The van der Waals surface area contributed by atoms with E-state index in [0.717, 1.165) is 6.42 Å². The third-order valence-electron chi connectivity index (χ3n) is 1.27. The highest BCUT2D eigenvalue weighted by molar-refractivity contribution is 6.55. The molecule has 0 aromatic heterocycles. The van der Waals surface area contributed by atoms with Crippen LogP contribution in [0.4, 0.5) is 4.79 Å². The van der Waals surface area contributed by atoms with Crippen molar-refractivity contribution >= 4 is 13.7 Å². The van der Waals surface area contributed by atoms with Gasteiger partial charge in [0.15, 0.2) is 0 Å². The highest BCUT2D eigenvalue weighted by Crippen LogP contribution is 2.12. The van der Waals surface area contributed by atoms with Gasteiger partial charge in [0, 0.05) is 0 Å². The Morgan fingerprint density at radius 3 is 2.22 bits per heavy atom. The predicted molar refractivity (Wildman–Crippen MR) is 39.4 cm³/mol. The zero-order valence-electron chi connectivity index (χ0n) is 6.52. The maximum absolute atomic E-state index is 10.4. The van der Waals surface area contributed by atoms with Crippen LogP contribution in [0.15, 0.2) is 0 Å². The first-order chi connectivity index (χ1) is 3.98. The number of carbonyl (C=O) groups is 1. The van der Waals surface area contributed by atoms with Gasteiger partial charge in [0.1, 0.15) is 5.60 Å². The molecule has 0 spiro atoms. The first kappa shape index (κ1) is 8.53. The van der Waals surface area contributed by atoms with Crippen LogP contribution in [-0.2, 0) is 4.74 Å². The lowest BCUT2D eigenvalue weighted by Gasteiger charge is -2.22. The Morgan fingerprint density at radius 2 is 2.11 bits per heavy atom. The fraction of sp³-hybridized carbons (Fsp3) is 0.833. The normalized spacial score (nSPS) is 11.0. The SMILES string of the molecule is BC(=O)OC(C)(C)CC. The fourth-order valence-corrected chi connectivity index (χ4v) is 0.461. The van der Waals surface area contributed by atoms with Crippen LogP contribution < -0.4 is 0 Å². The average molecular weight is 128 g/mol. The molecule has 9 heavy (non-hydrogen) atoms. The second kappa shape index (κ2) is 2.90. The largest absolute Gasteiger partial charge is 0.468 e. The van der Waals surface area contributed by atoms with E-state index < -0.39 is 0 Å². The van der Waals surface area contributed by atoms with E-state index >= 15 is 0 Å². The van der Waals surface area contributed by atoms with Gasteiger partial charge in [-0.05, 0) is 20.3 Å². The quantitative estimate of drug-likeness (QED) is 0.517. The van der Waals surface area contributed by atoms with Crippen molar-refractivity contribution in [3.8, 4) is 0 Å². The summed E-state index contributed by atoms with van der Waals surface area (Å²) in [5.41, 5.74) is -0.286. The molecule has 0 radical (unpaired) electrons. The second-order valence-corrected chi connectivity index (χ2v) is 2.71. The van der Waals surface area contributed by atoms with Gasteiger partial charge in [0.05, 0.1) is 0 Å². The Balaban J connectivity index is 3.71. The van der Waals surface area contributed by atoms with Crippen LogP contribution >= 0.6 is 0 Å². The molecule has 0 unspecified atom stereocenters. The number of rotatable bonds is 2. The summed E-state index contributed by atoms with van der Waals surface area (Å²) in [5.74, 6) is -0.207. The highest BCUT2D eigenvalue weighted by atomic mass is 16.5. The molecule has 0 atom stereocenters. The molecule has 3 heteroatoms. The molecule has 0 saturated heterocycles. The Morgan fingerprint density at radius 1 is 1.67 bits per heavy atom. The average Bonchev–Trinajstić information content (AvgIpc) is 1.63. The zero-order chi connectivity index (χ0) is 7.49. The maximum Gasteiger partial charge on any atom is 0.243 e. The third-order valence-corrected chi connectivity index (χ3v) is 1.27. The van der Waals surface area contributed by atoms with Gasteiger partial charge in [0.2, 0.25) is 13.7 Å². The minimum Gasteiger partial charge on any atom is -0.468 e. The van der Waals surface area contributed by atoms with Crippen LogP contribution in [0.5, 0.6) is 0 Å². The van der Waals surface area contributed by atoms with Crippen LogP contribution in [0.1, 0.15) is 27.2 Å². The summed E-state index contributed by atoms with van der Waals surface area (Å²) in [4.78, 5) is 10.4. The molecule has 0 aliphatic carbocycles. The highest BCUT2D eigenvalue weighted by Gasteiger charge is 2.16. The van der Waals surface area contributed by atoms with Gasteiger partial charge in [0.25, 0.3) is 0 Å². The lowest BCUT2D eigenvalue weighted by atomic mass is 10.1. The van der Waals surface area contributed by atoms with Crippen LogP contribution in [0, 0.1) is 0 Å². The van der Waals surface area contributed by atoms with Gasteiger partial charge in [-0.25, -0.2) is 0 Å². The van der Waals surface area contributed by atoms with E-state index in [4.69, 9.17) is 4.74 Å². The molecule has 52 valence electrons. The standard InChI is InChI=1S/C6H13BO2/c1-4-6(2,3)9-5(7)8/h4,7H2,1-3H3. The summed E-state index contributed by atoms with van der Waals surface area (Å²) >= 11 is 0. The van der Waals surface area contributed by atoms with E-state index in [1.807, 2.05) is 20.8 Å². The van der Waals surface area contributed by atoms with Crippen molar-refractivity contribution in [1.29, 1.82) is 0 Å². The maximum atomic E-state index is 10.4. The van der Waals surface area contributed by atoms with Gasteiger partial charge in [-0.1, -0.05) is 6.92 Å². The summed E-state index contributed by atoms with van der Waals surface area (Å²) in [6.45, 7) is 5.78.